The maximum absolute atomic E-state index is 12.9. The van der Waals surface area contributed by atoms with Gasteiger partial charge >= 0.3 is 0 Å². The first-order chi connectivity index (χ1) is 16.4. The number of aryl methyl sites for hydroxylation is 1. The lowest BCUT2D eigenvalue weighted by atomic mass is 9.96. The second kappa shape index (κ2) is 9.93. The highest BCUT2D eigenvalue weighted by atomic mass is 79.9. The summed E-state index contributed by atoms with van der Waals surface area (Å²) in [6.45, 7) is 2.81. The number of carbonyl (C=O) groups is 1. The molecule has 1 saturated heterocycles. The van der Waals surface area contributed by atoms with Crippen LogP contribution in [-0.2, 0) is 24.1 Å². The van der Waals surface area contributed by atoms with Crippen molar-refractivity contribution < 1.29 is 9.52 Å². The van der Waals surface area contributed by atoms with Crippen molar-refractivity contribution in [1.82, 2.24) is 14.8 Å². The molecule has 0 spiro atoms. The van der Waals surface area contributed by atoms with Crippen LogP contribution in [0.3, 0.4) is 0 Å². The van der Waals surface area contributed by atoms with Gasteiger partial charge in [0, 0.05) is 53.5 Å². The Bertz CT molecular complexity index is 1230. The summed E-state index contributed by atoms with van der Waals surface area (Å²) in [4.78, 5) is 22.1. The first-order valence-electron chi connectivity index (χ1n) is 11.2. The predicted molar refractivity (Wildman–Crippen MR) is 138 cm³/mol. The van der Waals surface area contributed by atoms with E-state index in [1.807, 2.05) is 17.2 Å². The Morgan fingerprint density at radius 3 is 2.59 bits per heavy atom. The summed E-state index contributed by atoms with van der Waals surface area (Å²) in [6.07, 6.45) is 6.80. The van der Waals surface area contributed by atoms with E-state index in [1.165, 1.54) is 29.1 Å². The van der Waals surface area contributed by atoms with Gasteiger partial charge in [-0.15, -0.1) is 0 Å². The molecule has 0 bridgehead atoms. The van der Waals surface area contributed by atoms with Gasteiger partial charge < -0.3 is 10.1 Å². The average Bonchev–Trinajstić information content (AvgIpc) is 3.00. The van der Waals surface area contributed by atoms with Crippen LogP contribution in [0.25, 0.3) is 0 Å². The molecule has 0 N–H and O–H groups in total. The van der Waals surface area contributed by atoms with E-state index in [1.54, 1.807) is 12.1 Å². The molecule has 1 fully saturated rings. The molecule has 2 aromatic heterocycles. The van der Waals surface area contributed by atoms with Gasteiger partial charge in [0.15, 0.2) is 12.4 Å². The molecule has 9 heteroatoms. The van der Waals surface area contributed by atoms with Gasteiger partial charge in [0.1, 0.15) is 0 Å². The monoisotopic (exact) mass is 604 g/mol. The van der Waals surface area contributed by atoms with Crippen LogP contribution >= 0.6 is 43.5 Å². The van der Waals surface area contributed by atoms with Gasteiger partial charge in [-0.05, 0) is 79.1 Å². The van der Waals surface area contributed by atoms with Gasteiger partial charge in [-0.1, -0.05) is 17.7 Å². The predicted octanol–water partition coefficient (Wildman–Crippen LogP) is 4.47. The minimum atomic E-state index is 0.00745. The van der Waals surface area contributed by atoms with Gasteiger partial charge in [-0.25, -0.2) is 0 Å². The second-order valence-corrected chi connectivity index (χ2v) is 10.8. The number of fused-ring (bicyclic) bond motifs is 2. The third-order valence-corrected chi connectivity index (χ3v) is 8.54. The van der Waals surface area contributed by atoms with Gasteiger partial charge in [0.25, 0.3) is 0 Å². The molecule has 1 aromatic carbocycles. The topological polar surface area (TPSA) is 63.4 Å². The summed E-state index contributed by atoms with van der Waals surface area (Å²) in [5, 5.41) is 12.0. The number of carbonyl (C=O) groups excluding carboxylic acids is 1. The molecule has 5 rings (SSSR count). The number of amides is 1. The first-order valence-corrected chi connectivity index (χ1v) is 13.2. The summed E-state index contributed by atoms with van der Waals surface area (Å²) in [5.74, 6) is 0.0848. The Kier molecular flexibility index (Phi) is 6.93. The second-order valence-electron chi connectivity index (χ2n) is 8.69. The Hall–Kier alpha value is -2.00. The molecule has 2 aliphatic rings. The van der Waals surface area contributed by atoms with Gasteiger partial charge in [-0.2, -0.15) is 4.73 Å². The molecule has 1 aliphatic carbocycles. The van der Waals surface area contributed by atoms with Crippen molar-refractivity contribution >= 4 is 49.4 Å². The van der Waals surface area contributed by atoms with Crippen molar-refractivity contribution in [3.05, 3.63) is 96.0 Å². The van der Waals surface area contributed by atoms with Crippen molar-refractivity contribution in [3.8, 4) is 0 Å². The zero-order chi connectivity index (χ0) is 23.8. The van der Waals surface area contributed by atoms with E-state index in [0.29, 0.717) is 19.5 Å². The Balaban J connectivity index is 1.39. The maximum Gasteiger partial charge on any atom is 0.227 e. The van der Waals surface area contributed by atoms with Crippen LogP contribution in [0.4, 0.5) is 0 Å². The molecule has 1 atom stereocenters. The quantitative estimate of drug-likeness (QED) is 0.326. The Morgan fingerprint density at radius 1 is 1.12 bits per heavy atom. The summed E-state index contributed by atoms with van der Waals surface area (Å²) in [7, 11) is 0. The Morgan fingerprint density at radius 2 is 1.85 bits per heavy atom. The summed E-state index contributed by atoms with van der Waals surface area (Å²) in [6, 6.07) is 9.66. The van der Waals surface area contributed by atoms with Gasteiger partial charge in [0.05, 0.1) is 23.2 Å². The number of halogens is 3. The minimum Gasteiger partial charge on any atom is -0.619 e. The van der Waals surface area contributed by atoms with Crippen molar-refractivity contribution in [3.63, 3.8) is 0 Å². The number of hydrogen-bond donors (Lipinski definition) is 0. The highest BCUT2D eigenvalue weighted by Gasteiger charge is 2.34. The molecule has 1 aliphatic heterocycles. The molecule has 0 unspecified atom stereocenters. The molecule has 0 radical (unpaired) electrons. The third-order valence-electron chi connectivity index (χ3n) is 6.66. The number of nitrogens with zero attached hydrogens (tertiary/aromatic N) is 4. The smallest absolute Gasteiger partial charge is 0.227 e. The summed E-state index contributed by atoms with van der Waals surface area (Å²) < 4.78 is 2.67. The number of hydrogen-bond acceptors (Lipinski definition) is 4. The summed E-state index contributed by atoms with van der Waals surface area (Å²) in [5.41, 5.74) is 5.61. The highest BCUT2D eigenvalue weighted by Crippen LogP contribution is 2.41. The fourth-order valence-corrected chi connectivity index (χ4v) is 6.03. The van der Waals surface area contributed by atoms with Crippen LogP contribution in [0.15, 0.2) is 57.9 Å². The van der Waals surface area contributed by atoms with E-state index in [4.69, 9.17) is 16.6 Å². The number of pyridine rings is 2. The first kappa shape index (κ1) is 23.7. The van der Waals surface area contributed by atoms with Gasteiger partial charge in [0.2, 0.25) is 5.91 Å². The zero-order valence-electron chi connectivity index (χ0n) is 18.4. The number of aromatic nitrogens is 2. The molecule has 0 saturated carbocycles. The highest BCUT2D eigenvalue weighted by molar-refractivity contribution is 9.10. The average molecular weight is 607 g/mol. The molecular weight excluding hydrogens is 584 g/mol. The molecular formula is C25H23Br2ClN4O2. The molecule has 3 heterocycles. The fourth-order valence-electron chi connectivity index (χ4n) is 4.91. The van der Waals surface area contributed by atoms with Crippen molar-refractivity contribution in [1.29, 1.82) is 0 Å². The van der Waals surface area contributed by atoms with E-state index in [0.717, 1.165) is 55.9 Å². The lowest BCUT2D eigenvalue weighted by molar-refractivity contribution is -0.605. The van der Waals surface area contributed by atoms with Crippen molar-refractivity contribution in [2.75, 3.05) is 26.2 Å². The van der Waals surface area contributed by atoms with Crippen LogP contribution in [0.1, 0.15) is 34.0 Å². The summed E-state index contributed by atoms with van der Waals surface area (Å²) >= 11 is 13.8. The van der Waals surface area contributed by atoms with Crippen LogP contribution in [-0.4, -0.2) is 46.9 Å². The van der Waals surface area contributed by atoms with Crippen molar-refractivity contribution in [2.24, 2.45) is 0 Å². The fraction of sp³-hybridized carbons (Fsp3) is 0.320. The van der Waals surface area contributed by atoms with Crippen LogP contribution in [0.2, 0.25) is 5.02 Å². The van der Waals surface area contributed by atoms with E-state index < -0.39 is 0 Å². The zero-order valence-corrected chi connectivity index (χ0v) is 22.3. The standard InChI is InChI=1S/C25H23Br2ClN4O2/c26-18-14-17-1-2-19-20(3-4-21(28)23(19)27)25(24(17)29-15-18)31-11-9-30(10-12-31)22(33)13-16-5-7-32(34)8-6-16/h3-8,14-15,25H,1-2,9-13H2/t25-/m1/s1. The minimum absolute atomic E-state index is 0.00745. The van der Waals surface area contributed by atoms with E-state index in [-0.39, 0.29) is 11.9 Å². The number of benzene rings is 1. The SMILES string of the molecule is O=C(Cc1cc[n+]([O-])cc1)N1CCN([C@@H]2c3ccc(Cl)c(Br)c3CCc3cc(Br)cnc32)CC1. The van der Waals surface area contributed by atoms with E-state index in [2.05, 4.69) is 48.9 Å². The molecule has 34 heavy (non-hydrogen) atoms. The molecule has 1 amide bonds. The molecule has 6 nitrogen and oxygen atoms in total. The van der Waals surface area contributed by atoms with Crippen LogP contribution < -0.4 is 4.73 Å². The molecule has 3 aromatic rings. The maximum atomic E-state index is 12.9. The third kappa shape index (κ3) is 4.73. The largest absolute Gasteiger partial charge is 0.619 e. The molecule has 176 valence electrons. The van der Waals surface area contributed by atoms with Gasteiger partial charge in [-0.3, -0.25) is 14.7 Å². The Labute approximate surface area is 220 Å². The van der Waals surface area contributed by atoms with E-state index >= 15 is 0 Å². The number of rotatable bonds is 3. The lowest BCUT2D eigenvalue weighted by Crippen LogP contribution is -2.50. The van der Waals surface area contributed by atoms with Crippen LogP contribution in [0, 0.1) is 5.21 Å². The normalized spacial score (nSPS) is 18.2. The number of piperazine rings is 1. The van der Waals surface area contributed by atoms with Crippen molar-refractivity contribution in [2.45, 2.75) is 25.3 Å². The van der Waals surface area contributed by atoms with Crippen LogP contribution in [0.5, 0.6) is 0 Å². The van der Waals surface area contributed by atoms with E-state index in [9.17, 15) is 10.0 Å². The lowest BCUT2D eigenvalue weighted by Gasteiger charge is -2.40.